The van der Waals surface area contributed by atoms with Crippen molar-refractivity contribution in [2.24, 2.45) is 0 Å². The minimum atomic E-state index is -3.74. The number of sulfone groups is 1. The zero-order valence-corrected chi connectivity index (χ0v) is 13.1. The van der Waals surface area contributed by atoms with Crippen molar-refractivity contribution >= 4 is 27.2 Å². The van der Waals surface area contributed by atoms with Gasteiger partial charge in [0, 0.05) is 5.56 Å². The molecule has 0 spiro atoms. The number of carbonyl (C=O) groups is 1. The lowest BCUT2D eigenvalue weighted by Crippen LogP contribution is -2.16. The second-order valence-electron chi connectivity index (χ2n) is 4.66. The SMILES string of the molecule is CCc1ccc(C(=O)CS(=O)(=O)c2ccccc2Cl)cc1. The molecular weight excluding hydrogens is 308 g/mol. The fourth-order valence-corrected chi connectivity index (χ4v) is 3.76. The Bertz CT molecular complexity index is 749. The largest absolute Gasteiger partial charge is 0.293 e. The number of aryl methyl sites for hydroxylation is 1. The van der Waals surface area contributed by atoms with Crippen molar-refractivity contribution in [1.29, 1.82) is 0 Å². The van der Waals surface area contributed by atoms with Gasteiger partial charge in [-0.2, -0.15) is 0 Å². The number of halogens is 1. The van der Waals surface area contributed by atoms with Crippen LogP contribution in [-0.2, 0) is 16.3 Å². The molecule has 110 valence electrons. The van der Waals surface area contributed by atoms with Gasteiger partial charge in [0.25, 0.3) is 0 Å². The van der Waals surface area contributed by atoms with Crippen molar-refractivity contribution < 1.29 is 13.2 Å². The molecule has 2 aromatic carbocycles. The van der Waals surface area contributed by atoms with E-state index in [-0.39, 0.29) is 9.92 Å². The molecule has 2 aromatic rings. The highest BCUT2D eigenvalue weighted by Crippen LogP contribution is 2.22. The molecule has 5 heteroatoms. The van der Waals surface area contributed by atoms with Crippen LogP contribution in [0.3, 0.4) is 0 Å². The normalized spacial score (nSPS) is 11.3. The van der Waals surface area contributed by atoms with E-state index in [9.17, 15) is 13.2 Å². The average Bonchev–Trinajstić information content (AvgIpc) is 2.47. The summed E-state index contributed by atoms with van der Waals surface area (Å²) in [5.74, 6) is -1.01. The molecule has 3 nitrogen and oxygen atoms in total. The van der Waals surface area contributed by atoms with Crippen LogP contribution in [0.1, 0.15) is 22.8 Å². The summed E-state index contributed by atoms with van der Waals surface area (Å²) in [6.07, 6.45) is 0.867. The number of ketones is 1. The van der Waals surface area contributed by atoms with E-state index in [0.717, 1.165) is 12.0 Å². The topological polar surface area (TPSA) is 51.2 Å². The van der Waals surface area contributed by atoms with E-state index in [1.165, 1.54) is 12.1 Å². The summed E-state index contributed by atoms with van der Waals surface area (Å²) >= 11 is 5.89. The summed E-state index contributed by atoms with van der Waals surface area (Å²) in [6.45, 7) is 2.01. The highest BCUT2D eigenvalue weighted by atomic mass is 35.5. The van der Waals surface area contributed by atoms with Crippen molar-refractivity contribution in [3.8, 4) is 0 Å². The maximum absolute atomic E-state index is 12.3. The third kappa shape index (κ3) is 3.71. The predicted octanol–water partition coefficient (Wildman–Crippen LogP) is 3.56. The number of Topliss-reactive ketones (excluding diaryl/α,β-unsaturated/α-hetero) is 1. The van der Waals surface area contributed by atoms with E-state index < -0.39 is 21.4 Å². The third-order valence-electron chi connectivity index (χ3n) is 3.18. The highest BCUT2D eigenvalue weighted by molar-refractivity contribution is 7.92. The zero-order valence-electron chi connectivity index (χ0n) is 11.5. The smallest absolute Gasteiger partial charge is 0.187 e. The van der Waals surface area contributed by atoms with Crippen molar-refractivity contribution in [2.75, 3.05) is 5.75 Å². The second-order valence-corrected chi connectivity index (χ2v) is 7.03. The van der Waals surface area contributed by atoms with Crippen molar-refractivity contribution in [3.05, 3.63) is 64.7 Å². The highest BCUT2D eigenvalue weighted by Gasteiger charge is 2.22. The van der Waals surface area contributed by atoms with Gasteiger partial charge in [0.05, 0.1) is 9.92 Å². The molecule has 0 aromatic heterocycles. The van der Waals surface area contributed by atoms with Gasteiger partial charge in [0.1, 0.15) is 5.75 Å². The maximum atomic E-state index is 12.3. The van der Waals surface area contributed by atoms with E-state index >= 15 is 0 Å². The standard InChI is InChI=1S/C16H15ClO3S/c1-2-12-7-9-13(10-8-12)15(18)11-21(19,20)16-6-4-3-5-14(16)17/h3-10H,2,11H2,1H3. The first-order valence-electron chi connectivity index (χ1n) is 6.53. The summed E-state index contributed by atoms with van der Waals surface area (Å²) in [4.78, 5) is 12.1. The van der Waals surface area contributed by atoms with Crippen molar-refractivity contribution in [3.63, 3.8) is 0 Å². The first kappa shape index (κ1) is 15.7. The molecule has 0 aliphatic rings. The maximum Gasteiger partial charge on any atom is 0.187 e. The lowest BCUT2D eigenvalue weighted by atomic mass is 10.1. The first-order valence-corrected chi connectivity index (χ1v) is 8.56. The first-order chi connectivity index (χ1) is 9.94. The molecule has 0 saturated carbocycles. The molecule has 0 atom stereocenters. The number of hydrogen-bond donors (Lipinski definition) is 0. The minimum absolute atomic E-state index is 0.00908. The Hall–Kier alpha value is -1.65. The summed E-state index contributed by atoms with van der Waals surface area (Å²) in [7, 11) is -3.74. The lowest BCUT2D eigenvalue weighted by molar-refractivity contribution is 0.102. The van der Waals surface area contributed by atoms with Crippen LogP contribution in [0.25, 0.3) is 0 Å². The molecule has 0 amide bonds. The van der Waals surface area contributed by atoms with Gasteiger partial charge in [-0.1, -0.05) is 54.9 Å². The molecule has 0 aliphatic carbocycles. The Morgan fingerprint density at radius 1 is 1.05 bits per heavy atom. The van der Waals surface area contributed by atoms with Crippen LogP contribution in [0.2, 0.25) is 5.02 Å². The van der Waals surface area contributed by atoms with Gasteiger partial charge in [-0.25, -0.2) is 8.42 Å². The Morgan fingerprint density at radius 2 is 1.67 bits per heavy atom. The molecule has 0 unspecified atom stereocenters. The Kier molecular flexibility index (Phi) is 4.80. The van der Waals surface area contributed by atoms with E-state index in [2.05, 4.69) is 0 Å². The minimum Gasteiger partial charge on any atom is -0.293 e. The second kappa shape index (κ2) is 6.41. The van der Waals surface area contributed by atoms with E-state index in [1.54, 1.807) is 24.3 Å². The number of carbonyl (C=O) groups excluding carboxylic acids is 1. The third-order valence-corrected chi connectivity index (χ3v) is 5.29. The monoisotopic (exact) mass is 322 g/mol. The molecule has 21 heavy (non-hydrogen) atoms. The summed E-state index contributed by atoms with van der Waals surface area (Å²) < 4.78 is 24.5. The number of benzene rings is 2. The summed E-state index contributed by atoms with van der Waals surface area (Å²) in [6, 6.07) is 13.1. The van der Waals surface area contributed by atoms with Crippen LogP contribution in [0.5, 0.6) is 0 Å². The fourth-order valence-electron chi connectivity index (χ4n) is 1.96. The average molecular weight is 323 g/mol. The van der Waals surface area contributed by atoms with Crippen molar-refractivity contribution in [2.45, 2.75) is 18.2 Å². The predicted molar refractivity (Wildman–Crippen MR) is 83.7 cm³/mol. The molecule has 0 fully saturated rings. The van der Waals surface area contributed by atoms with Crippen LogP contribution in [-0.4, -0.2) is 20.0 Å². The molecule has 0 heterocycles. The molecule has 0 radical (unpaired) electrons. The van der Waals surface area contributed by atoms with Crippen LogP contribution < -0.4 is 0 Å². The molecule has 0 N–H and O–H groups in total. The van der Waals surface area contributed by atoms with Gasteiger partial charge in [-0.05, 0) is 24.1 Å². The molecule has 0 saturated heterocycles. The van der Waals surface area contributed by atoms with E-state index in [4.69, 9.17) is 11.6 Å². The van der Waals surface area contributed by atoms with Gasteiger partial charge in [-0.15, -0.1) is 0 Å². The van der Waals surface area contributed by atoms with Crippen molar-refractivity contribution in [1.82, 2.24) is 0 Å². The van der Waals surface area contributed by atoms with Crippen LogP contribution in [0, 0.1) is 0 Å². The van der Waals surface area contributed by atoms with Crippen LogP contribution in [0.4, 0.5) is 0 Å². The molecular formula is C16H15ClO3S. The zero-order chi connectivity index (χ0) is 15.5. The summed E-state index contributed by atoms with van der Waals surface area (Å²) in [5.41, 5.74) is 1.49. The van der Waals surface area contributed by atoms with Gasteiger partial charge < -0.3 is 0 Å². The molecule has 0 bridgehead atoms. The van der Waals surface area contributed by atoms with Crippen LogP contribution >= 0.6 is 11.6 Å². The van der Waals surface area contributed by atoms with Gasteiger partial charge >= 0.3 is 0 Å². The van der Waals surface area contributed by atoms with Gasteiger partial charge in [0.2, 0.25) is 0 Å². The van der Waals surface area contributed by atoms with Gasteiger partial charge in [0.15, 0.2) is 15.6 Å². The van der Waals surface area contributed by atoms with Crippen LogP contribution in [0.15, 0.2) is 53.4 Å². The number of hydrogen-bond acceptors (Lipinski definition) is 3. The Morgan fingerprint density at radius 3 is 2.24 bits per heavy atom. The quantitative estimate of drug-likeness (QED) is 0.791. The lowest BCUT2D eigenvalue weighted by Gasteiger charge is -2.06. The Labute approximate surface area is 129 Å². The van der Waals surface area contributed by atoms with E-state index in [0.29, 0.717) is 5.56 Å². The van der Waals surface area contributed by atoms with E-state index in [1.807, 2.05) is 19.1 Å². The molecule has 0 aliphatic heterocycles. The molecule has 2 rings (SSSR count). The fraction of sp³-hybridized carbons (Fsp3) is 0.188. The van der Waals surface area contributed by atoms with Gasteiger partial charge in [-0.3, -0.25) is 4.79 Å². The Balaban J connectivity index is 2.24. The number of rotatable bonds is 5. The summed E-state index contributed by atoms with van der Waals surface area (Å²) in [5, 5.41) is 0.131.